The molecular formula is C20H17ClN4O2. The maximum absolute atomic E-state index is 11.9. The summed E-state index contributed by atoms with van der Waals surface area (Å²) in [6.45, 7) is 0.651. The Labute approximate surface area is 161 Å². The van der Waals surface area contributed by atoms with Crippen LogP contribution in [-0.2, 0) is 11.3 Å². The van der Waals surface area contributed by atoms with Gasteiger partial charge in [0.1, 0.15) is 0 Å². The van der Waals surface area contributed by atoms with Crippen molar-refractivity contribution in [3.05, 3.63) is 94.8 Å². The number of hydrogen-bond acceptors (Lipinski definition) is 3. The van der Waals surface area contributed by atoms with Crippen LogP contribution >= 0.6 is 11.6 Å². The third-order valence-corrected chi connectivity index (χ3v) is 3.93. The van der Waals surface area contributed by atoms with E-state index in [4.69, 9.17) is 11.6 Å². The monoisotopic (exact) mass is 380 g/mol. The van der Waals surface area contributed by atoms with Gasteiger partial charge in [-0.15, -0.1) is 0 Å². The molecule has 0 atom stereocenters. The third-order valence-electron chi connectivity index (χ3n) is 3.67. The van der Waals surface area contributed by atoms with E-state index in [-0.39, 0.29) is 0 Å². The largest absolute Gasteiger partial charge is 0.269 e. The smallest absolute Gasteiger partial charge is 0.268 e. The molecule has 0 saturated heterocycles. The number of aromatic nitrogens is 2. The first-order chi connectivity index (χ1) is 13.1. The van der Waals surface area contributed by atoms with Crippen LogP contribution in [0.5, 0.6) is 0 Å². The molecule has 0 aliphatic carbocycles. The molecule has 0 bridgehead atoms. The first-order valence-corrected chi connectivity index (χ1v) is 8.58. The highest BCUT2D eigenvalue weighted by atomic mass is 35.5. The van der Waals surface area contributed by atoms with Crippen molar-refractivity contribution in [3.63, 3.8) is 0 Å². The Morgan fingerprint density at radius 3 is 2.52 bits per heavy atom. The fourth-order valence-electron chi connectivity index (χ4n) is 2.33. The molecule has 3 aromatic rings. The van der Waals surface area contributed by atoms with Crippen LogP contribution in [0.3, 0.4) is 0 Å². The number of hydrazine groups is 1. The van der Waals surface area contributed by atoms with Crippen molar-refractivity contribution in [2.75, 3.05) is 0 Å². The van der Waals surface area contributed by atoms with E-state index in [1.165, 1.54) is 6.08 Å². The normalized spacial score (nSPS) is 10.7. The number of benzene rings is 2. The van der Waals surface area contributed by atoms with Gasteiger partial charge in [-0.2, -0.15) is 5.10 Å². The van der Waals surface area contributed by atoms with Gasteiger partial charge in [0.05, 0.1) is 12.7 Å². The van der Waals surface area contributed by atoms with Gasteiger partial charge in [-0.1, -0.05) is 41.9 Å². The first kappa shape index (κ1) is 18.4. The van der Waals surface area contributed by atoms with Gasteiger partial charge in [-0.25, -0.2) is 0 Å². The summed E-state index contributed by atoms with van der Waals surface area (Å²) in [4.78, 5) is 23.7. The Balaban J connectivity index is 1.50. The number of nitrogens with zero attached hydrogens (tertiary/aromatic N) is 2. The Bertz CT molecular complexity index is 950. The lowest BCUT2D eigenvalue weighted by molar-refractivity contribution is -0.117. The van der Waals surface area contributed by atoms with Gasteiger partial charge in [0.2, 0.25) is 0 Å². The molecule has 7 heteroatoms. The second-order valence-electron chi connectivity index (χ2n) is 5.74. The van der Waals surface area contributed by atoms with Crippen LogP contribution in [0.15, 0.2) is 73.1 Å². The Kier molecular flexibility index (Phi) is 6.02. The molecule has 0 radical (unpaired) electrons. The summed E-state index contributed by atoms with van der Waals surface area (Å²) < 4.78 is 1.79. The maximum Gasteiger partial charge on any atom is 0.269 e. The summed E-state index contributed by atoms with van der Waals surface area (Å²) in [5.74, 6) is -0.878. The standard InChI is InChI=1S/C20H17ClN4O2/c21-18-9-7-17(8-10-18)20(27)24-23-19(26)11-6-16-12-22-25(14-16)13-15-4-2-1-3-5-15/h1-12,14H,13H2,(H,23,26)(H,24,27)/b11-6+. The molecule has 1 heterocycles. The number of hydrogen-bond donors (Lipinski definition) is 2. The van der Waals surface area contributed by atoms with Crippen molar-refractivity contribution in [2.45, 2.75) is 6.54 Å². The van der Waals surface area contributed by atoms with Crippen LogP contribution in [0, 0.1) is 0 Å². The van der Waals surface area contributed by atoms with Gasteiger partial charge in [-0.05, 0) is 35.9 Å². The SMILES string of the molecule is O=C(/C=C/c1cnn(Cc2ccccc2)c1)NNC(=O)c1ccc(Cl)cc1. The zero-order valence-electron chi connectivity index (χ0n) is 14.3. The third kappa shape index (κ3) is 5.55. The van der Waals surface area contributed by atoms with E-state index in [2.05, 4.69) is 16.0 Å². The number of rotatable bonds is 5. The molecule has 0 aliphatic rings. The predicted molar refractivity (Wildman–Crippen MR) is 104 cm³/mol. The van der Waals surface area contributed by atoms with Crippen LogP contribution in [0.4, 0.5) is 0 Å². The van der Waals surface area contributed by atoms with Crippen LogP contribution in [0.1, 0.15) is 21.5 Å². The topological polar surface area (TPSA) is 76.0 Å². The number of carbonyl (C=O) groups excluding carboxylic acids is 2. The summed E-state index contributed by atoms with van der Waals surface area (Å²) in [5.41, 5.74) is 6.98. The van der Waals surface area contributed by atoms with Crippen molar-refractivity contribution >= 4 is 29.5 Å². The zero-order valence-corrected chi connectivity index (χ0v) is 15.1. The quantitative estimate of drug-likeness (QED) is 0.527. The second-order valence-corrected chi connectivity index (χ2v) is 6.18. The van der Waals surface area contributed by atoms with E-state index in [0.29, 0.717) is 17.1 Å². The number of carbonyl (C=O) groups is 2. The van der Waals surface area contributed by atoms with Gasteiger partial charge in [-0.3, -0.25) is 25.1 Å². The summed E-state index contributed by atoms with van der Waals surface area (Å²) in [6, 6.07) is 16.3. The van der Waals surface area contributed by atoms with Crippen molar-refractivity contribution < 1.29 is 9.59 Å². The second kappa shape index (κ2) is 8.82. The Morgan fingerprint density at radius 2 is 1.78 bits per heavy atom. The van der Waals surface area contributed by atoms with E-state index in [0.717, 1.165) is 11.1 Å². The minimum absolute atomic E-state index is 0.394. The lowest BCUT2D eigenvalue weighted by Gasteiger charge is -2.05. The van der Waals surface area contributed by atoms with Crippen molar-refractivity contribution in [1.29, 1.82) is 0 Å². The summed E-state index contributed by atoms with van der Waals surface area (Å²) in [7, 11) is 0. The van der Waals surface area contributed by atoms with Crippen molar-refractivity contribution in [3.8, 4) is 0 Å². The van der Waals surface area contributed by atoms with Gasteiger partial charge < -0.3 is 0 Å². The molecule has 3 rings (SSSR count). The van der Waals surface area contributed by atoms with Crippen LogP contribution < -0.4 is 10.9 Å². The summed E-state index contributed by atoms with van der Waals surface area (Å²) in [5, 5.41) is 4.80. The summed E-state index contributed by atoms with van der Waals surface area (Å²) in [6.07, 6.45) is 6.45. The highest BCUT2D eigenvalue weighted by Crippen LogP contribution is 2.09. The Morgan fingerprint density at radius 1 is 1.04 bits per heavy atom. The van der Waals surface area contributed by atoms with Crippen LogP contribution in [0.2, 0.25) is 5.02 Å². The Hall–Kier alpha value is -3.38. The average Bonchev–Trinajstić information content (AvgIpc) is 3.13. The molecule has 0 fully saturated rings. The minimum Gasteiger partial charge on any atom is -0.268 e. The molecule has 0 unspecified atom stereocenters. The van der Waals surface area contributed by atoms with Gasteiger partial charge in [0, 0.05) is 28.4 Å². The summed E-state index contributed by atoms with van der Waals surface area (Å²) >= 11 is 5.77. The fourth-order valence-corrected chi connectivity index (χ4v) is 2.45. The van der Waals surface area contributed by atoms with Crippen LogP contribution in [0.25, 0.3) is 6.08 Å². The van der Waals surface area contributed by atoms with Crippen LogP contribution in [-0.4, -0.2) is 21.6 Å². The molecule has 2 amide bonds. The molecule has 27 heavy (non-hydrogen) atoms. The lowest BCUT2D eigenvalue weighted by Crippen LogP contribution is -2.40. The maximum atomic E-state index is 11.9. The number of amides is 2. The average molecular weight is 381 g/mol. The molecule has 1 aromatic heterocycles. The van der Waals surface area contributed by atoms with Crippen molar-refractivity contribution in [2.24, 2.45) is 0 Å². The molecule has 2 aromatic carbocycles. The molecular weight excluding hydrogens is 364 g/mol. The van der Waals surface area contributed by atoms with E-state index in [1.807, 2.05) is 36.5 Å². The van der Waals surface area contributed by atoms with Gasteiger partial charge >= 0.3 is 0 Å². The van der Waals surface area contributed by atoms with Crippen molar-refractivity contribution in [1.82, 2.24) is 20.6 Å². The number of halogens is 1. The van der Waals surface area contributed by atoms with E-state index in [9.17, 15) is 9.59 Å². The van der Waals surface area contributed by atoms with E-state index < -0.39 is 11.8 Å². The van der Waals surface area contributed by atoms with Gasteiger partial charge in [0.25, 0.3) is 11.8 Å². The highest BCUT2D eigenvalue weighted by Gasteiger charge is 2.05. The molecule has 0 spiro atoms. The fraction of sp³-hybridized carbons (Fsp3) is 0.0500. The molecule has 136 valence electrons. The molecule has 0 aliphatic heterocycles. The number of nitrogens with one attached hydrogen (secondary N) is 2. The van der Waals surface area contributed by atoms with E-state index >= 15 is 0 Å². The lowest BCUT2D eigenvalue weighted by atomic mass is 10.2. The van der Waals surface area contributed by atoms with Gasteiger partial charge in [0.15, 0.2) is 0 Å². The molecule has 0 saturated carbocycles. The first-order valence-electron chi connectivity index (χ1n) is 8.20. The molecule has 6 nitrogen and oxygen atoms in total. The zero-order chi connectivity index (χ0) is 19.1. The molecule has 2 N–H and O–H groups in total. The predicted octanol–water partition coefficient (Wildman–Crippen LogP) is 3.06. The van der Waals surface area contributed by atoms with E-state index in [1.54, 1.807) is 41.2 Å². The minimum atomic E-state index is -0.451. The highest BCUT2D eigenvalue weighted by molar-refractivity contribution is 6.30.